The smallest absolute Gasteiger partial charge is 0.134 e. The second-order valence-corrected chi connectivity index (χ2v) is 7.08. The highest BCUT2D eigenvalue weighted by Gasteiger charge is 2.09. The van der Waals surface area contributed by atoms with E-state index < -0.39 is 0 Å². The molecule has 27 heavy (non-hydrogen) atoms. The first-order valence-electron chi connectivity index (χ1n) is 8.40. The number of aryl methyl sites for hydroxylation is 1. The summed E-state index contributed by atoms with van der Waals surface area (Å²) in [6.45, 7) is 2.87. The van der Waals surface area contributed by atoms with E-state index in [9.17, 15) is 0 Å². The van der Waals surface area contributed by atoms with Gasteiger partial charge in [0.25, 0.3) is 0 Å². The highest BCUT2D eigenvalue weighted by atomic mass is 35.5. The van der Waals surface area contributed by atoms with E-state index in [1.54, 1.807) is 16.8 Å². The Morgan fingerprint density at radius 1 is 1.04 bits per heavy atom. The normalized spacial score (nSPS) is 11.1. The predicted octanol–water partition coefficient (Wildman–Crippen LogP) is 5.07. The van der Waals surface area contributed by atoms with Crippen LogP contribution in [0.4, 0.5) is 0 Å². The molecule has 0 spiro atoms. The third kappa shape index (κ3) is 4.21. The highest BCUT2D eigenvalue weighted by molar-refractivity contribution is 6.30. The van der Waals surface area contributed by atoms with Crippen LogP contribution in [0, 0.1) is 6.92 Å². The van der Waals surface area contributed by atoms with Crippen molar-refractivity contribution in [2.75, 3.05) is 0 Å². The van der Waals surface area contributed by atoms with E-state index in [0.29, 0.717) is 23.3 Å². The first-order chi connectivity index (χ1) is 13.1. The van der Waals surface area contributed by atoms with Gasteiger partial charge in [-0.3, -0.25) is 0 Å². The van der Waals surface area contributed by atoms with E-state index >= 15 is 0 Å². The molecular weight excluding hydrogens is 383 g/mol. The van der Waals surface area contributed by atoms with Crippen molar-refractivity contribution < 1.29 is 4.74 Å². The van der Waals surface area contributed by atoms with Crippen molar-refractivity contribution in [1.29, 1.82) is 0 Å². The van der Waals surface area contributed by atoms with E-state index in [1.165, 1.54) is 5.56 Å². The van der Waals surface area contributed by atoms with Crippen molar-refractivity contribution in [1.82, 2.24) is 20.0 Å². The molecule has 0 unspecified atom stereocenters. The summed E-state index contributed by atoms with van der Waals surface area (Å²) in [6, 6.07) is 15.3. The zero-order valence-corrected chi connectivity index (χ0v) is 16.1. The molecular formula is C20H16Cl2N4O. The summed E-state index contributed by atoms with van der Waals surface area (Å²) in [7, 11) is 0. The lowest BCUT2D eigenvalue weighted by Gasteiger charge is -2.07. The molecule has 4 rings (SSSR count). The first kappa shape index (κ1) is 17.8. The van der Waals surface area contributed by atoms with Crippen molar-refractivity contribution in [2.24, 2.45) is 0 Å². The van der Waals surface area contributed by atoms with Crippen LogP contribution >= 0.6 is 23.2 Å². The average Bonchev–Trinajstić information content (AvgIpc) is 3.10. The average molecular weight is 399 g/mol. The maximum absolute atomic E-state index is 6.35. The largest absolute Gasteiger partial charge is 0.487 e. The second-order valence-electron chi connectivity index (χ2n) is 6.28. The maximum atomic E-state index is 6.35. The Hall–Kier alpha value is -2.63. The van der Waals surface area contributed by atoms with Crippen LogP contribution in [0.25, 0.3) is 10.9 Å². The Morgan fingerprint density at radius 3 is 2.67 bits per heavy atom. The molecule has 5 nitrogen and oxygen atoms in total. The van der Waals surface area contributed by atoms with Gasteiger partial charge in [0.1, 0.15) is 23.2 Å². The number of hydrogen-bond acceptors (Lipinski definition) is 4. The van der Waals surface area contributed by atoms with Crippen LogP contribution in [0.5, 0.6) is 5.75 Å². The van der Waals surface area contributed by atoms with E-state index in [1.807, 2.05) is 36.5 Å². The van der Waals surface area contributed by atoms with Crippen LogP contribution in [0.3, 0.4) is 0 Å². The lowest BCUT2D eigenvalue weighted by Crippen LogP contribution is -2.02. The van der Waals surface area contributed by atoms with Gasteiger partial charge in [-0.1, -0.05) is 40.0 Å². The molecule has 2 aromatic carbocycles. The van der Waals surface area contributed by atoms with Crippen molar-refractivity contribution in [3.8, 4) is 5.75 Å². The Kier molecular flexibility index (Phi) is 4.97. The molecule has 0 saturated carbocycles. The lowest BCUT2D eigenvalue weighted by atomic mass is 10.1. The van der Waals surface area contributed by atoms with Crippen LogP contribution in [0.15, 0.2) is 54.7 Å². The Balaban J connectivity index is 1.48. The molecule has 0 fully saturated rings. The van der Waals surface area contributed by atoms with Crippen molar-refractivity contribution in [3.63, 3.8) is 0 Å². The molecule has 7 heteroatoms. The van der Waals surface area contributed by atoms with Gasteiger partial charge in [-0.15, -0.1) is 5.10 Å². The van der Waals surface area contributed by atoms with Crippen LogP contribution in [-0.4, -0.2) is 20.0 Å². The van der Waals surface area contributed by atoms with Crippen molar-refractivity contribution >= 4 is 34.1 Å². The molecule has 0 aliphatic rings. The van der Waals surface area contributed by atoms with Gasteiger partial charge in [0.05, 0.1) is 18.3 Å². The third-order valence-electron chi connectivity index (χ3n) is 4.12. The summed E-state index contributed by atoms with van der Waals surface area (Å²) in [6.07, 6.45) is 1.84. The number of nitrogens with zero attached hydrogens (tertiary/aromatic N) is 4. The van der Waals surface area contributed by atoms with Gasteiger partial charge in [-0.2, -0.15) is 0 Å². The number of ether oxygens (including phenoxy) is 1. The summed E-state index contributed by atoms with van der Waals surface area (Å²) in [4.78, 5) is 4.47. The van der Waals surface area contributed by atoms with Crippen molar-refractivity contribution in [3.05, 3.63) is 81.7 Å². The molecule has 4 aromatic rings. The number of aromatic nitrogens is 4. The van der Waals surface area contributed by atoms with Gasteiger partial charge in [0.15, 0.2) is 0 Å². The fourth-order valence-electron chi connectivity index (χ4n) is 2.77. The molecule has 136 valence electrons. The molecule has 0 N–H and O–H groups in total. The number of hydrogen-bond donors (Lipinski definition) is 0. The summed E-state index contributed by atoms with van der Waals surface area (Å²) in [5.74, 6) is 0.728. The van der Waals surface area contributed by atoms with Crippen LogP contribution in [-0.2, 0) is 13.2 Å². The topological polar surface area (TPSA) is 52.8 Å². The maximum Gasteiger partial charge on any atom is 0.134 e. The standard InChI is InChI=1S/C20H16Cl2N4O/c1-13-2-7-19-14(8-13)9-15(20(22)23-19)10-26-11-17(24-25-26)12-27-18-5-3-16(21)4-6-18/h2-9,11H,10,12H2,1H3. The van der Waals surface area contributed by atoms with Crippen LogP contribution in [0.1, 0.15) is 16.8 Å². The summed E-state index contributed by atoms with van der Waals surface area (Å²) in [5, 5.41) is 10.5. The predicted molar refractivity (Wildman–Crippen MR) is 106 cm³/mol. The summed E-state index contributed by atoms with van der Waals surface area (Å²) >= 11 is 12.2. The minimum absolute atomic E-state index is 0.324. The van der Waals surface area contributed by atoms with Crippen molar-refractivity contribution in [2.45, 2.75) is 20.1 Å². The molecule has 0 aliphatic heterocycles. The number of rotatable bonds is 5. The fraction of sp³-hybridized carbons (Fsp3) is 0.150. The first-order valence-corrected chi connectivity index (χ1v) is 9.15. The summed E-state index contributed by atoms with van der Waals surface area (Å²) < 4.78 is 7.42. The molecule has 0 atom stereocenters. The lowest BCUT2D eigenvalue weighted by molar-refractivity contribution is 0.301. The fourth-order valence-corrected chi connectivity index (χ4v) is 3.10. The number of pyridine rings is 1. The second kappa shape index (κ2) is 7.55. The monoisotopic (exact) mass is 398 g/mol. The SMILES string of the molecule is Cc1ccc2nc(Cl)c(Cn3cc(COc4ccc(Cl)cc4)nn3)cc2c1. The van der Waals surface area contributed by atoms with Gasteiger partial charge in [0, 0.05) is 16.0 Å². The highest BCUT2D eigenvalue weighted by Crippen LogP contribution is 2.22. The van der Waals surface area contributed by atoms with Gasteiger partial charge < -0.3 is 4.74 Å². The number of benzene rings is 2. The van der Waals surface area contributed by atoms with Gasteiger partial charge in [0.2, 0.25) is 0 Å². The quantitative estimate of drug-likeness (QED) is 0.440. The molecule has 2 heterocycles. The van der Waals surface area contributed by atoms with E-state index in [-0.39, 0.29) is 0 Å². The van der Waals surface area contributed by atoms with Gasteiger partial charge in [-0.05, 0) is 49.4 Å². The minimum atomic E-state index is 0.324. The minimum Gasteiger partial charge on any atom is -0.487 e. The number of fused-ring (bicyclic) bond motifs is 1. The van der Waals surface area contributed by atoms with Crippen LogP contribution in [0.2, 0.25) is 10.2 Å². The molecule has 2 aromatic heterocycles. The Labute approximate surface area is 166 Å². The van der Waals surface area contributed by atoms with E-state index in [2.05, 4.69) is 28.3 Å². The third-order valence-corrected chi connectivity index (χ3v) is 4.69. The van der Waals surface area contributed by atoms with Gasteiger partial charge in [-0.25, -0.2) is 9.67 Å². The Bertz CT molecular complexity index is 1090. The zero-order chi connectivity index (χ0) is 18.8. The molecule has 0 amide bonds. The molecule has 0 saturated heterocycles. The number of halogens is 2. The van der Waals surface area contributed by atoms with E-state index in [4.69, 9.17) is 27.9 Å². The molecule has 0 radical (unpaired) electrons. The van der Waals surface area contributed by atoms with Gasteiger partial charge >= 0.3 is 0 Å². The molecule has 0 aliphatic carbocycles. The molecule has 0 bridgehead atoms. The van der Waals surface area contributed by atoms with Crippen LogP contribution < -0.4 is 4.74 Å². The summed E-state index contributed by atoms with van der Waals surface area (Å²) in [5.41, 5.74) is 3.68. The Morgan fingerprint density at radius 2 is 1.85 bits per heavy atom. The zero-order valence-electron chi connectivity index (χ0n) is 14.6. The van der Waals surface area contributed by atoms with E-state index in [0.717, 1.165) is 27.9 Å².